The van der Waals surface area contributed by atoms with Gasteiger partial charge in [0.15, 0.2) is 5.79 Å². The molecule has 2 rings (SSSR count). The van der Waals surface area contributed by atoms with Gasteiger partial charge in [0.2, 0.25) is 0 Å². The number of epoxide rings is 1. The van der Waals surface area contributed by atoms with E-state index in [1.807, 2.05) is 20.8 Å². The van der Waals surface area contributed by atoms with Gasteiger partial charge in [0, 0.05) is 25.7 Å². The summed E-state index contributed by atoms with van der Waals surface area (Å²) < 4.78 is 23.2. The lowest BCUT2D eigenvalue weighted by Gasteiger charge is -2.40. The molecule has 0 aromatic heterocycles. The Kier molecular flexibility index (Phi) is 5.01. The number of rotatable bonds is 8. The Morgan fingerprint density at radius 2 is 1.72 bits per heavy atom. The topological polar surface area (TPSA) is 40.2 Å². The van der Waals surface area contributed by atoms with Gasteiger partial charge >= 0.3 is 0 Å². The average Bonchev–Trinajstić information content (AvgIpc) is 3.14. The van der Waals surface area contributed by atoms with E-state index < -0.39 is 5.79 Å². The molecule has 106 valence electrons. The lowest BCUT2D eigenvalue weighted by molar-refractivity contribution is -0.288. The van der Waals surface area contributed by atoms with E-state index in [1.54, 1.807) is 0 Å². The molecule has 0 aromatic carbocycles. The van der Waals surface area contributed by atoms with Crippen molar-refractivity contribution < 1.29 is 18.9 Å². The van der Waals surface area contributed by atoms with E-state index in [9.17, 15) is 0 Å². The zero-order valence-corrected chi connectivity index (χ0v) is 11.8. The van der Waals surface area contributed by atoms with Crippen LogP contribution in [0.4, 0.5) is 0 Å². The minimum atomic E-state index is -0.573. The van der Waals surface area contributed by atoms with E-state index in [0.717, 1.165) is 19.3 Å². The first-order valence-corrected chi connectivity index (χ1v) is 7.26. The van der Waals surface area contributed by atoms with Crippen LogP contribution in [0.1, 0.15) is 40.0 Å². The van der Waals surface area contributed by atoms with E-state index in [0.29, 0.717) is 44.6 Å². The molecular formula is C14H26O4. The third kappa shape index (κ3) is 3.05. The van der Waals surface area contributed by atoms with Crippen molar-refractivity contribution in [2.45, 2.75) is 58.0 Å². The van der Waals surface area contributed by atoms with Crippen molar-refractivity contribution in [3.05, 3.63) is 0 Å². The normalized spacial score (nSPS) is 31.2. The minimum Gasteiger partial charge on any atom is -0.376 e. The smallest absolute Gasteiger partial charge is 0.194 e. The Morgan fingerprint density at radius 3 is 2.28 bits per heavy atom. The summed E-state index contributed by atoms with van der Waals surface area (Å²) in [6, 6.07) is 0. The summed E-state index contributed by atoms with van der Waals surface area (Å²) in [4.78, 5) is 0. The zero-order valence-electron chi connectivity index (χ0n) is 11.8. The maximum Gasteiger partial charge on any atom is 0.194 e. The number of hydrogen-bond donors (Lipinski definition) is 0. The highest BCUT2D eigenvalue weighted by atomic mass is 16.7. The fourth-order valence-electron chi connectivity index (χ4n) is 3.02. The molecule has 2 fully saturated rings. The van der Waals surface area contributed by atoms with Gasteiger partial charge in [0.1, 0.15) is 6.61 Å². The van der Waals surface area contributed by atoms with Crippen molar-refractivity contribution in [2.75, 3.05) is 26.4 Å². The number of fused-ring (bicyclic) bond motifs is 1. The Morgan fingerprint density at radius 1 is 1.00 bits per heavy atom. The molecule has 0 aromatic rings. The molecule has 0 N–H and O–H groups in total. The van der Waals surface area contributed by atoms with Crippen LogP contribution in [-0.4, -0.2) is 44.4 Å². The van der Waals surface area contributed by atoms with Crippen molar-refractivity contribution in [3.63, 3.8) is 0 Å². The molecule has 1 aliphatic carbocycles. The summed E-state index contributed by atoms with van der Waals surface area (Å²) in [6.07, 6.45) is 4.22. The van der Waals surface area contributed by atoms with Gasteiger partial charge in [-0.25, -0.2) is 0 Å². The highest BCUT2D eigenvalue weighted by Crippen LogP contribution is 2.45. The van der Waals surface area contributed by atoms with Gasteiger partial charge in [-0.05, 0) is 40.0 Å². The van der Waals surface area contributed by atoms with Crippen LogP contribution in [0.2, 0.25) is 0 Å². The van der Waals surface area contributed by atoms with E-state index in [-0.39, 0.29) is 0 Å². The molecule has 18 heavy (non-hydrogen) atoms. The van der Waals surface area contributed by atoms with Crippen molar-refractivity contribution >= 4 is 0 Å². The fraction of sp³-hybridized carbons (Fsp3) is 1.00. The van der Waals surface area contributed by atoms with Crippen LogP contribution in [-0.2, 0) is 18.9 Å². The SMILES string of the molecule is CCOCC(OCC)(OCC)C1CCC2OC2C1. The summed E-state index contributed by atoms with van der Waals surface area (Å²) in [5, 5.41) is 0. The maximum atomic E-state index is 5.98. The molecule has 4 nitrogen and oxygen atoms in total. The Labute approximate surface area is 110 Å². The molecule has 0 amide bonds. The van der Waals surface area contributed by atoms with Gasteiger partial charge in [0.25, 0.3) is 0 Å². The summed E-state index contributed by atoms with van der Waals surface area (Å²) >= 11 is 0. The highest BCUT2D eigenvalue weighted by molar-refractivity contribution is 4.96. The molecule has 1 saturated heterocycles. The van der Waals surface area contributed by atoms with E-state index in [2.05, 4.69) is 0 Å². The molecule has 1 aliphatic heterocycles. The largest absolute Gasteiger partial charge is 0.376 e. The average molecular weight is 258 g/mol. The van der Waals surface area contributed by atoms with Gasteiger partial charge in [-0.3, -0.25) is 0 Å². The Bertz CT molecular complexity index is 250. The predicted molar refractivity (Wildman–Crippen MR) is 68.5 cm³/mol. The van der Waals surface area contributed by atoms with E-state index >= 15 is 0 Å². The molecule has 1 heterocycles. The van der Waals surface area contributed by atoms with Crippen LogP contribution in [0.3, 0.4) is 0 Å². The van der Waals surface area contributed by atoms with Crippen molar-refractivity contribution in [3.8, 4) is 0 Å². The molecule has 0 radical (unpaired) electrons. The van der Waals surface area contributed by atoms with Crippen LogP contribution in [0.25, 0.3) is 0 Å². The van der Waals surface area contributed by atoms with Gasteiger partial charge < -0.3 is 18.9 Å². The van der Waals surface area contributed by atoms with Gasteiger partial charge in [-0.1, -0.05) is 0 Å². The fourth-order valence-corrected chi connectivity index (χ4v) is 3.02. The summed E-state index contributed by atoms with van der Waals surface area (Å²) in [6.45, 7) is 8.54. The third-order valence-corrected chi connectivity index (χ3v) is 3.91. The van der Waals surface area contributed by atoms with Crippen LogP contribution in [0, 0.1) is 5.92 Å². The quantitative estimate of drug-likeness (QED) is 0.495. The molecule has 3 atom stereocenters. The van der Waals surface area contributed by atoms with Crippen LogP contribution in [0.15, 0.2) is 0 Å². The predicted octanol–water partition coefficient (Wildman–Crippen LogP) is 2.36. The zero-order chi connectivity index (χ0) is 13.0. The molecule has 2 aliphatic rings. The van der Waals surface area contributed by atoms with Gasteiger partial charge in [-0.15, -0.1) is 0 Å². The van der Waals surface area contributed by atoms with Crippen molar-refractivity contribution in [2.24, 2.45) is 5.92 Å². The lowest BCUT2D eigenvalue weighted by Crippen LogP contribution is -2.49. The number of ether oxygens (including phenoxy) is 4. The van der Waals surface area contributed by atoms with Gasteiger partial charge in [0.05, 0.1) is 12.2 Å². The van der Waals surface area contributed by atoms with Crippen LogP contribution >= 0.6 is 0 Å². The molecule has 0 bridgehead atoms. The minimum absolute atomic E-state index is 0.382. The lowest BCUT2D eigenvalue weighted by atomic mass is 9.83. The Hall–Kier alpha value is -0.160. The summed E-state index contributed by atoms with van der Waals surface area (Å²) in [5.41, 5.74) is 0. The highest BCUT2D eigenvalue weighted by Gasteiger charge is 2.51. The third-order valence-electron chi connectivity index (χ3n) is 3.91. The first kappa shape index (κ1) is 14.3. The molecule has 3 unspecified atom stereocenters. The Balaban J connectivity index is 2.03. The second kappa shape index (κ2) is 6.33. The summed E-state index contributed by atoms with van der Waals surface area (Å²) in [5.74, 6) is -0.191. The molecule has 0 spiro atoms. The maximum absolute atomic E-state index is 5.98. The number of hydrogen-bond acceptors (Lipinski definition) is 4. The second-order valence-electron chi connectivity index (χ2n) is 5.04. The first-order chi connectivity index (χ1) is 8.75. The molecular weight excluding hydrogens is 232 g/mol. The van der Waals surface area contributed by atoms with Crippen LogP contribution in [0.5, 0.6) is 0 Å². The molecule has 4 heteroatoms. The van der Waals surface area contributed by atoms with Crippen LogP contribution < -0.4 is 0 Å². The first-order valence-electron chi connectivity index (χ1n) is 7.26. The van der Waals surface area contributed by atoms with Gasteiger partial charge in [-0.2, -0.15) is 0 Å². The summed E-state index contributed by atoms with van der Waals surface area (Å²) in [7, 11) is 0. The second-order valence-corrected chi connectivity index (χ2v) is 5.04. The van der Waals surface area contributed by atoms with E-state index in [1.165, 1.54) is 0 Å². The van der Waals surface area contributed by atoms with Crippen molar-refractivity contribution in [1.29, 1.82) is 0 Å². The van der Waals surface area contributed by atoms with E-state index in [4.69, 9.17) is 18.9 Å². The standard InChI is InChI=1S/C14H26O4/c1-4-15-10-14(16-5-2,17-6-3)11-7-8-12-13(9-11)18-12/h11-13H,4-10H2,1-3H3. The molecule has 1 saturated carbocycles. The monoisotopic (exact) mass is 258 g/mol. The van der Waals surface area contributed by atoms with Crippen molar-refractivity contribution in [1.82, 2.24) is 0 Å².